The average Bonchev–Trinajstić information content (AvgIpc) is 2.58. The summed E-state index contributed by atoms with van der Waals surface area (Å²) in [4.78, 5) is 12.3. The van der Waals surface area contributed by atoms with E-state index < -0.39 is 0 Å². The molecule has 96 valence electrons. The molecule has 0 unspecified atom stereocenters. The standard InChI is InChI=1S/C16H15NO2/c18-13-8-5-11(6-9-13)14-10-7-12-3-1-2-4-15(12)17-16(14)19/h1-6,8-9,14,18H,7,10H2,(H,17,19)/t14-/m1/s1. The van der Waals surface area contributed by atoms with E-state index in [2.05, 4.69) is 11.4 Å². The van der Waals surface area contributed by atoms with Crippen molar-refractivity contribution >= 4 is 11.6 Å². The van der Waals surface area contributed by atoms with E-state index in [4.69, 9.17) is 0 Å². The zero-order valence-corrected chi connectivity index (χ0v) is 10.5. The Kier molecular flexibility index (Phi) is 2.95. The van der Waals surface area contributed by atoms with Crippen LogP contribution in [0.5, 0.6) is 5.75 Å². The number of anilines is 1. The molecule has 2 aromatic carbocycles. The van der Waals surface area contributed by atoms with Gasteiger partial charge in [0.15, 0.2) is 0 Å². The van der Waals surface area contributed by atoms with Gasteiger partial charge in [-0.2, -0.15) is 0 Å². The van der Waals surface area contributed by atoms with Crippen LogP contribution in [0.15, 0.2) is 48.5 Å². The van der Waals surface area contributed by atoms with Crippen molar-refractivity contribution in [2.45, 2.75) is 18.8 Å². The minimum atomic E-state index is -0.159. The topological polar surface area (TPSA) is 49.3 Å². The third-order valence-corrected chi connectivity index (χ3v) is 3.59. The third kappa shape index (κ3) is 2.32. The monoisotopic (exact) mass is 253 g/mol. The number of amides is 1. The minimum Gasteiger partial charge on any atom is -0.508 e. The van der Waals surface area contributed by atoms with Gasteiger partial charge < -0.3 is 10.4 Å². The molecule has 0 saturated carbocycles. The molecule has 0 aliphatic carbocycles. The molecule has 19 heavy (non-hydrogen) atoms. The van der Waals surface area contributed by atoms with Gasteiger partial charge in [-0.15, -0.1) is 0 Å². The Labute approximate surface area is 111 Å². The van der Waals surface area contributed by atoms with Crippen molar-refractivity contribution in [3.05, 3.63) is 59.7 Å². The van der Waals surface area contributed by atoms with E-state index in [1.807, 2.05) is 30.3 Å². The van der Waals surface area contributed by atoms with Gasteiger partial charge >= 0.3 is 0 Å². The Bertz CT molecular complexity index is 604. The van der Waals surface area contributed by atoms with Crippen LogP contribution in [-0.4, -0.2) is 11.0 Å². The Morgan fingerprint density at radius 3 is 2.58 bits per heavy atom. The van der Waals surface area contributed by atoms with Crippen molar-refractivity contribution in [3.63, 3.8) is 0 Å². The highest BCUT2D eigenvalue weighted by Gasteiger charge is 2.24. The number of carbonyl (C=O) groups excluding carboxylic acids is 1. The highest BCUT2D eigenvalue weighted by atomic mass is 16.3. The van der Waals surface area contributed by atoms with Crippen LogP contribution in [0, 0.1) is 0 Å². The zero-order chi connectivity index (χ0) is 13.2. The Morgan fingerprint density at radius 1 is 1.05 bits per heavy atom. The summed E-state index contributed by atoms with van der Waals surface area (Å²) in [5.41, 5.74) is 3.04. The van der Waals surface area contributed by atoms with Crippen molar-refractivity contribution in [3.8, 4) is 5.75 Å². The Balaban J connectivity index is 1.90. The van der Waals surface area contributed by atoms with Crippen LogP contribution in [0.3, 0.4) is 0 Å². The first-order chi connectivity index (χ1) is 9.24. The second-order valence-electron chi connectivity index (χ2n) is 4.83. The van der Waals surface area contributed by atoms with E-state index in [-0.39, 0.29) is 17.6 Å². The smallest absolute Gasteiger partial charge is 0.231 e. The summed E-state index contributed by atoms with van der Waals surface area (Å²) < 4.78 is 0. The second kappa shape index (κ2) is 4.76. The van der Waals surface area contributed by atoms with Gasteiger partial charge in [-0.05, 0) is 42.2 Å². The van der Waals surface area contributed by atoms with Crippen molar-refractivity contribution in [1.29, 1.82) is 0 Å². The molecular weight excluding hydrogens is 238 g/mol. The molecule has 0 fully saturated rings. The van der Waals surface area contributed by atoms with E-state index in [1.165, 1.54) is 5.56 Å². The summed E-state index contributed by atoms with van der Waals surface area (Å²) >= 11 is 0. The maximum Gasteiger partial charge on any atom is 0.231 e. The first kappa shape index (κ1) is 11.8. The Morgan fingerprint density at radius 2 is 1.79 bits per heavy atom. The molecule has 1 heterocycles. The van der Waals surface area contributed by atoms with E-state index in [1.54, 1.807) is 12.1 Å². The molecule has 0 bridgehead atoms. The first-order valence-corrected chi connectivity index (χ1v) is 6.42. The van der Waals surface area contributed by atoms with Gasteiger partial charge in [0.05, 0.1) is 5.92 Å². The summed E-state index contributed by atoms with van der Waals surface area (Å²) in [6.07, 6.45) is 1.66. The number of para-hydroxylation sites is 1. The fraction of sp³-hybridized carbons (Fsp3) is 0.188. The van der Waals surface area contributed by atoms with Gasteiger partial charge in [-0.25, -0.2) is 0 Å². The number of aromatic hydroxyl groups is 1. The molecule has 1 aliphatic rings. The molecule has 3 nitrogen and oxygen atoms in total. The van der Waals surface area contributed by atoms with E-state index in [0.717, 1.165) is 24.1 Å². The SMILES string of the molecule is O=C1Nc2ccccc2CC[C@@H]1c1ccc(O)cc1. The number of benzene rings is 2. The van der Waals surface area contributed by atoms with Crippen molar-refractivity contribution in [2.75, 3.05) is 5.32 Å². The summed E-state index contributed by atoms with van der Waals surface area (Å²) in [7, 11) is 0. The maximum absolute atomic E-state index is 12.3. The predicted octanol–water partition coefficient (Wildman–Crippen LogP) is 3.06. The molecule has 0 aromatic heterocycles. The molecule has 1 atom stereocenters. The van der Waals surface area contributed by atoms with Crippen molar-refractivity contribution in [2.24, 2.45) is 0 Å². The van der Waals surface area contributed by atoms with Crippen molar-refractivity contribution < 1.29 is 9.90 Å². The number of aryl methyl sites for hydroxylation is 1. The lowest BCUT2D eigenvalue weighted by Crippen LogP contribution is -2.19. The van der Waals surface area contributed by atoms with Crippen LogP contribution >= 0.6 is 0 Å². The lowest BCUT2D eigenvalue weighted by molar-refractivity contribution is -0.117. The number of phenolic OH excluding ortho intramolecular Hbond substituents is 1. The van der Waals surface area contributed by atoms with E-state index in [0.29, 0.717) is 0 Å². The largest absolute Gasteiger partial charge is 0.508 e. The average molecular weight is 253 g/mol. The van der Waals surface area contributed by atoms with Gasteiger partial charge in [0.2, 0.25) is 5.91 Å². The molecule has 2 N–H and O–H groups in total. The van der Waals surface area contributed by atoms with Crippen LogP contribution < -0.4 is 5.32 Å². The summed E-state index contributed by atoms with van der Waals surface area (Å²) in [5, 5.41) is 12.3. The fourth-order valence-electron chi connectivity index (χ4n) is 2.54. The minimum absolute atomic E-state index is 0.0237. The first-order valence-electron chi connectivity index (χ1n) is 6.42. The van der Waals surface area contributed by atoms with Crippen LogP contribution in [-0.2, 0) is 11.2 Å². The highest BCUT2D eigenvalue weighted by Crippen LogP contribution is 2.30. The number of hydrogen-bond donors (Lipinski definition) is 2. The highest BCUT2D eigenvalue weighted by molar-refractivity contribution is 5.97. The molecule has 0 radical (unpaired) electrons. The summed E-state index contributed by atoms with van der Waals surface area (Å²) in [5.74, 6) is 0.0877. The van der Waals surface area contributed by atoms with E-state index >= 15 is 0 Å². The molecule has 0 saturated heterocycles. The summed E-state index contributed by atoms with van der Waals surface area (Å²) in [6.45, 7) is 0. The molecule has 3 rings (SSSR count). The van der Waals surface area contributed by atoms with Gasteiger partial charge in [0.1, 0.15) is 5.75 Å². The third-order valence-electron chi connectivity index (χ3n) is 3.59. The number of nitrogens with one attached hydrogen (secondary N) is 1. The second-order valence-corrected chi connectivity index (χ2v) is 4.83. The molecule has 3 heteroatoms. The number of hydrogen-bond acceptors (Lipinski definition) is 2. The lowest BCUT2D eigenvalue weighted by Gasteiger charge is -2.13. The molecular formula is C16H15NO2. The molecule has 0 spiro atoms. The van der Waals surface area contributed by atoms with Gasteiger partial charge in [-0.3, -0.25) is 4.79 Å². The van der Waals surface area contributed by atoms with Crippen LogP contribution in [0.25, 0.3) is 0 Å². The number of rotatable bonds is 1. The predicted molar refractivity (Wildman–Crippen MR) is 74.2 cm³/mol. The summed E-state index contributed by atoms with van der Waals surface area (Å²) in [6, 6.07) is 14.8. The van der Waals surface area contributed by atoms with Gasteiger partial charge in [0, 0.05) is 5.69 Å². The number of phenols is 1. The molecule has 1 amide bonds. The number of fused-ring (bicyclic) bond motifs is 1. The van der Waals surface area contributed by atoms with Crippen LogP contribution in [0.2, 0.25) is 0 Å². The normalized spacial score (nSPS) is 18.3. The van der Waals surface area contributed by atoms with Gasteiger partial charge in [0.25, 0.3) is 0 Å². The zero-order valence-electron chi connectivity index (χ0n) is 10.5. The maximum atomic E-state index is 12.3. The van der Waals surface area contributed by atoms with Crippen LogP contribution in [0.1, 0.15) is 23.5 Å². The number of carbonyl (C=O) groups is 1. The van der Waals surface area contributed by atoms with Gasteiger partial charge in [-0.1, -0.05) is 30.3 Å². The quantitative estimate of drug-likeness (QED) is 0.820. The fourth-order valence-corrected chi connectivity index (χ4v) is 2.54. The lowest BCUT2D eigenvalue weighted by atomic mass is 9.93. The molecule has 2 aromatic rings. The van der Waals surface area contributed by atoms with Crippen molar-refractivity contribution in [1.82, 2.24) is 0 Å². The Hall–Kier alpha value is -2.29. The molecule has 1 aliphatic heterocycles. The van der Waals surface area contributed by atoms with E-state index in [9.17, 15) is 9.90 Å². The van der Waals surface area contributed by atoms with Crippen LogP contribution in [0.4, 0.5) is 5.69 Å².